The van der Waals surface area contributed by atoms with E-state index in [0.717, 1.165) is 4.88 Å². The zero-order valence-corrected chi connectivity index (χ0v) is 13.7. The normalized spacial score (nSPS) is 12.8. The molecule has 0 aromatic carbocycles. The molecule has 0 bridgehead atoms. The highest BCUT2D eigenvalue weighted by molar-refractivity contribution is 7.89. The minimum atomic E-state index is -3.58. The van der Waals surface area contributed by atoms with Crippen LogP contribution in [0.4, 0.5) is 0 Å². The van der Waals surface area contributed by atoms with Crippen LogP contribution < -0.4 is 4.72 Å². The van der Waals surface area contributed by atoms with Crippen molar-refractivity contribution in [2.45, 2.75) is 30.8 Å². The Morgan fingerprint density at radius 3 is 2.60 bits per heavy atom. The molecule has 0 atom stereocenters. The first kappa shape index (κ1) is 15.7. The molecule has 2 heterocycles. The molecule has 20 heavy (non-hydrogen) atoms. The SMILES string of the molecule is CC(C)(CNS(=O)(=O)c1ccsc1CO)c1cccs1. The van der Waals surface area contributed by atoms with E-state index in [-0.39, 0.29) is 16.9 Å². The van der Waals surface area contributed by atoms with Gasteiger partial charge in [-0.3, -0.25) is 0 Å². The minimum Gasteiger partial charge on any atom is -0.391 e. The molecule has 2 aromatic rings. The van der Waals surface area contributed by atoms with Gasteiger partial charge < -0.3 is 5.11 Å². The number of aliphatic hydroxyl groups is 1. The monoisotopic (exact) mass is 331 g/mol. The number of hydrogen-bond donors (Lipinski definition) is 2. The van der Waals surface area contributed by atoms with Gasteiger partial charge in [0.25, 0.3) is 0 Å². The lowest BCUT2D eigenvalue weighted by Gasteiger charge is -2.23. The van der Waals surface area contributed by atoms with Crippen molar-refractivity contribution >= 4 is 32.7 Å². The van der Waals surface area contributed by atoms with Crippen LogP contribution in [-0.2, 0) is 22.0 Å². The van der Waals surface area contributed by atoms with Crippen LogP contribution >= 0.6 is 22.7 Å². The molecule has 0 fully saturated rings. The zero-order chi connectivity index (χ0) is 14.8. The second kappa shape index (κ2) is 5.95. The quantitative estimate of drug-likeness (QED) is 0.855. The van der Waals surface area contributed by atoms with E-state index in [9.17, 15) is 8.42 Å². The van der Waals surface area contributed by atoms with Gasteiger partial charge in [0, 0.05) is 21.7 Å². The van der Waals surface area contributed by atoms with E-state index >= 15 is 0 Å². The van der Waals surface area contributed by atoms with Crippen LogP contribution in [0.5, 0.6) is 0 Å². The summed E-state index contributed by atoms with van der Waals surface area (Å²) in [7, 11) is -3.58. The first-order valence-corrected chi connectivity index (χ1v) is 9.32. The third kappa shape index (κ3) is 3.29. The molecule has 0 aliphatic heterocycles. The predicted octanol–water partition coefficient (Wildman–Crippen LogP) is 2.56. The van der Waals surface area contributed by atoms with E-state index in [1.165, 1.54) is 17.4 Å². The molecule has 0 radical (unpaired) electrons. The molecule has 0 spiro atoms. The Balaban J connectivity index is 2.14. The van der Waals surface area contributed by atoms with Crippen molar-refractivity contribution in [3.05, 3.63) is 38.7 Å². The van der Waals surface area contributed by atoms with Gasteiger partial charge in [0.1, 0.15) is 0 Å². The van der Waals surface area contributed by atoms with E-state index < -0.39 is 10.0 Å². The van der Waals surface area contributed by atoms with Crippen LogP contribution in [0.2, 0.25) is 0 Å². The molecular formula is C13H17NO3S3. The topological polar surface area (TPSA) is 66.4 Å². The second-order valence-electron chi connectivity index (χ2n) is 5.05. The average Bonchev–Trinajstić information content (AvgIpc) is 3.07. The molecule has 0 amide bonds. The van der Waals surface area contributed by atoms with Crippen molar-refractivity contribution in [3.63, 3.8) is 0 Å². The fourth-order valence-corrected chi connectivity index (χ4v) is 5.14. The molecule has 0 saturated heterocycles. The summed E-state index contributed by atoms with van der Waals surface area (Å²) in [5.74, 6) is 0. The van der Waals surface area contributed by atoms with Crippen LogP contribution in [0.25, 0.3) is 0 Å². The zero-order valence-electron chi connectivity index (χ0n) is 11.3. The lowest BCUT2D eigenvalue weighted by molar-refractivity contribution is 0.282. The third-order valence-corrected chi connectivity index (χ3v) is 6.79. The van der Waals surface area contributed by atoms with E-state index in [0.29, 0.717) is 11.4 Å². The van der Waals surface area contributed by atoms with Crippen molar-refractivity contribution in [1.82, 2.24) is 4.72 Å². The summed E-state index contributed by atoms with van der Waals surface area (Å²) < 4.78 is 27.2. The Morgan fingerprint density at radius 1 is 1.25 bits per heavy atom. The smallest absolute Gasteiger partial charge is 0.241 e. The Bertz CT molecular complexity index is 657. The molecule has 0 unspecified atom stereocenters. The summed E-state index contributed by atoms with van der Waals surface area (Å²) in [5, 5.41) is 12.8. The highest BCUT2D eigenvalue weighted by atomic mass is 32.2. The number of aliphatic hydroxyl groups excluding tert-OH is 1. The van der Waals surface area contributed by atoms with Gasteiger partial charge in [-0.1, -0.05) is 19.9 Å². The number of nitrogens with one attached hydrogen (secondary N) is 1. The fraction of sp³-hybridized carbons (Fsp3) is 0.385. The highest BCUT2D eigenvalue weighted by Gasteiger charge is 2.26. The van der Waals surface area contributed by atoms with E-state index in [4.69, 9.17) is 5.11 Å². The largest absolute Gasteiger partial charge is 0.391 e. The molecule has 2 rings (SSSR count). The van der Waals surface area contributed by atoms with Crippen LogP contribution in [0.1, 0.15) is 23.6 Å². The van der Waals surface area contributed by atoms with E-state index in [2.05, 4.69) is 4.72 Å². The molecule has 4 nitrogen and oxygen atoms in total. The molecule has 0 saturated carbocycles. The Labute approximate surface area is 127 Å². The maximum absolute atomic E-state index is 12.3. The van der Waals surface area contributed by atoms with E-state index in [1.807, 2.05) is 31.4 Å². The lowest BCUT2D eigenvalue weighted by atomic mass is 9.92. The van der Waals surface area contributed by atoms with Gasteiger partial charge in [-0.15, -0.1) is 22.7 Å². The summed E-state index contributed by atoms with van der Waals surface area (Å²) >= 11 is 2.85. The van der Waals surface area contributed by atoms with Crippen LogP contribution in [-0.4, -0.2) is 20.1 Å². The van der Waals surface area contributed by atoms with Crippen molar-refractivity contribution in [3.8, 4) is 0 Å². The van der Waals surface area contributed by atoms with Gasteiger partial charge in [-0.05, 0) is 22.9 Å². The van der Waals surface area contributed by atoms with Crippen LogP contribution in [0.15, 0.2) is 33.9 Å². The molecule has 110 valence electrons. The van der Waals surface area contributed by atoms with Gasteiger partial charge in [0.2, 0.25) is 10.0 Å². The maximum atomic E-state index is 12.3. The first-order valence-electron chi connectivity index (χ1n) is 6.08. The predicted molar refractivity (Wildman–Crippen MR) is 82.8 cm³/mol. The van der Waals surface area contributed by atoms with Gasteiger partial charge in [-0.25, -0.2) is 13.1 Å². The van der Waals surface area contributed by atoms with Gasteiger partial charge in [0.15, 0.2) is 0 Å². The first-order chi connectivity index (χ1) is 9.37. The molecule has 0 aliphatic rings. The Kier molecular flexibility index (Phi) is 4.66. The van der Waals surface area contributed by atoms with Crippen LogP contribution in [0.3, 0.4) is 0 Å². The lowest BCUT2D eigenvalue weighted by Crippen LogP contribution is -2.36. The highest BCUT2D eigenvalue weighted by Crippen LogP contribution is 2.28. The molecule has 7 heteroatoms. The van der Waals surface area contributed by atoms with Crippen LogP contribution in [0, 0.1) is 0 Å². The third-order valence-electron chi connectivity index (χ3n) is 3.03. The Hall–Kier alpha value is -0.730. The number of rotatable bonds is 6. The molecular weight excluding hydrogens is 314 g/mol. The Morgan fingerprint density at radius 2 is 2.00 bits per heavy atom. The number of thiophene rings is 2. The van der Waals surface area contributed by atoms with Crippen molar-refractivity contribution in [2.24, 2.45) is 0 Å². The standard InChI is InChI=1S/C13H17NO3S3/c1-13(2,12-4-3-6-19-12)9-14-20(16,17)11-5-7-18-10(11)8-15/h3-7,14-15H,8-9H2,1-2H3. The number of hydrogen-bond acceptors (Lipinski definition) is 5. The summed E-state index contributed by atoms with van der Waals surface area (Å²) in [4.78, 5) is 1.77. The molecule has 2 aromatic heterocycles. The van der Waals surface area contributed by atoms with Gasteiger partial charge in [0.05, 0.1) is 11.5 Å². The summed E-state index contributed by atoms with van der Waals surface area (Å²) in [6.07, 6.45) is 0. The minimum absolute atomic E-state index is 0.173. The summed E-state index contributed by atoms with van der Waals surface area (Å²) in [6.45, 7) is 4.06. The van der Waals surface area contributed by atoms with E-state index in [1.54, 1.807) is 16.7 Å². The fourth-order valence-electron chi connectivity index (χ4n) is 1.79. The van der Waals surface area contributed by atoms with Crippen molar-refractivity contribution < 1.29 is 13.5 Å². The average molecular weight is 331 g/mol. The van der Waals surface area contributed by atoms with Crippen molar-refractivity contribution in [1.29, 1.82) is 0 Å². The maximum Gasteiger partial charge on any atom is 0.241 e. The van der Waals surface area contributed by atoms with Gasteiger partial charge in [-0.2, -0.15) is 0 Å². The second-order valence-corrected chi connectivity index (χ2v) is 8.74. The van der Waals surface area contributed by atoms with Gasteiger partial charge >= 0.3 is 0 Å². The summed E-state index contributed by atoms with van der Waals surface area (Å²) in [5.41, 5.74) is -0.267. The van der Waals surface area contributed by atoms with Crippen molar-refractivity contribution in [2.75, 3.05) is 6.54 Å². The number of sulfonamides is 1. The molecule has 2 N–H and O–H groups in total. The molecule has 0 aliphatic carbocycles. The summed E-state index contributed by atoms with van der Waals surface area (Å²) in [6, 6.07) is 5.48.